The number of nitrogens with zero attached hydrogens (tertiary/aromatic N) is 7. The Bertz CT molecular complexity index is 1010. The molecule has 0 atom stereocenters. The first-order valence-corrected chi connectivity index (χ1v) is 10.7. The van der Waals surface area contributed by atoms with Crippen LogP contribution in [0.3, 0.4) is 0 Å². The van der Waals surface area contributed by atoms with Gasteiger partial charge in [-0.3, -0.25) is 9.67 Å². The van der Waals surface area contributed by atoms with E-state index in [-0.39, 0.29) is 0 Å². The van der Waals surface area contributed by atoms with E-state index >= 15 is 0 Å². The summed E-state index contributed by atoms with van der Waals surface area (Å²) in [6.07, 6.45) is 12.3. The fourth-order valence-electron chi connectivity index (χ4n) is 3.87. The molecular formula is C23H30N8. The molecule has 1 fully saturated rings. The van der Waals surface area contributed by atoms with Gasteiger partial charge in [0, 0.05) is 75.3 Å². The molecule has 4 rings (SSSR count). The van der Waals surface area contributed by atoms with Crippen molar-refractivity contribution in [1.82, 2.24) is 29.6 Å². The van der Waals surface area contributed by atoms with Crippen molar-refractivity contribution >= 4 is 11.6 Å². The van der Waals surface area contributed by atoms with Crippen molar-refractivity contribution in [1.29, 1.82) is 0 Å². The summed E-state index contributed by atoms with van der Waals surface area (Å²) in [6, 6.07) is 4.08. The molecule has 3 aromatic heterocycles. The van der Waals surface area contributed by atoms with Crippen LogP contribution >= 0.6 is 0 Å². The number of rotatable bonds is 6. The lowest BCUT2D eigenvalue weighted by Gasteiger charge is -2.37. The molecule has 31 heavy (non-hydrogen) atoms. The Morgan fingerprint density at radius 2 is 1.74 bits per heavy atom. The van der Waals surface area contributed by atoms with Gasteiger partial charge in [-0.15, -0.1) is 0 Å². The van der Waals surface area contributed by atoms with Crippen LogP contribution in [0, 0.1) is 5.92 Å². The summed E-state index contributed by atoms with van der Waals surface area (Å²) in [5.74, 6) is 1.40. The highest BCUT2D eigenvalue weighted by Gasteiger charge is 2.22. The van der Waals surface area contributed by atoms with Crippen LogP contribution < -0.4 is 10.6 Å². The average Bonchev–Trinajstić information content (AvgIpc) is 3.22. The number of anilines is 1. The van der Waals surface area contributed by atoms with Crippen LogP contribution in [-0.2, 0) is 13.5 Å². The zero-order chi connectivity index (χ0) is 21.8. The maximum Gasteiger partial charge on any atom is 0.225 e. The minimum Gasteiger partial charge on any atom is -0.403 e. The summed E-state index contributed by atoms with van der Waals surface area (Å²) in [6.45, 7) is 7.77. The molecule has 162 valence electrons. The topological polar surface area (TPSA) is 89.0 Å². The molecule has 2 N–H and O–H groups in total. The smallest absolute Gasteiger partial charge is 0.225 e. The SMILES string of the molecule is CC(C)Cc1cnc(N2CCN(/C(=C/N)c3ccc(-c4cnn(C)c4)cn3)CC2)nc1. The fourth-order valence-corrected chi connectivity index (χ4v) is 3.87. The molecule has 0 unspecified atom stereocenters. The van der Waals surface area contributed by atoms with Gasteiger partial charge >= 0.3 is 0 Å². The lowest BCUT2D eigenvalue weighted by molar-refractivity contribution is 0.363. The van der Waals surface area contributed by atoms with Crippen molar-refractivity contribution in [3.8, 4) is 11.1 Å². The molecule has 0 amide bonds. The Balaban J connectivity index is 1.39. The van der Waals surface area contributed by atoms with Gasteiger partial charge in [-0.1, -0.05) is 19.9 Å². The van der Waals surface area contributed by atoms with Crippen molar-refractivity contribution in [2.75, 3.05) is 31.1 Å². The number of hydrogen-bond acceptors (Lipinski definition) is 7. The van der Waals surface area contributed by atoms with Gasteiger partial charge in [0.15, 0.2) is 0 Å². The average molecular weight is 419 g/mol. The van der Waals surface area contributed by atoms with Crippen molar-refractivity contribution < 1.29 is 0 Å². The Hall–Kier alpha value is -3.42. The summed E-state index contributed by atoms with van der Waals surface area (Å²) in [4.78, 5) is 18.3. The quantitative estimate of drug-likeness (QED) is 0.658. The van der Waals surface area contributed by atoms with Crippen LogP contribution in [0.25, 0.3) is 16.8 Å². The summed E-state index contributed by atoms with van der Waals surface area (Å²) in [7, 11) is 1.91. The maximum absolute atomic E-state index is 5.99. The lowest BCUT2D eigenvalue weighted by Crippen LogP contribution is -2.46. The molecule has 1 saturated heterocycles. The van der Waals surface area contributed by atoms with Crippen LogP contribution in [0.15, 0.2) is 49.3 Å². The maximum atomic E-state index is 5.99. The van der Waals surface area contributed by atoms with Crippen molar-refractivity contribution in [2.45, 2.75) is 20.3 Å². The zero-order valence-electron chi connectivity index (χ0n) is 18.4. The van der Waals surface area contributed by atoms with E-state index in [0.29, 0.717) is 5.92 Å². The van der Waals surface area contributed by atoms with Gasteiger partial charge in [-0.25, -0.2) is 9.97 Å². The molecule has 3 aromatic rings. The predicted molar refractivity (Wildman–Crippen MR) is 123 cm³/mol. The first-order valence-electron chi connectivity index (χ1n) is 10.7. The molecule has 8 nitrogen and oxygen atoms in total. The highest BCUT2D eigenvalue weighted by atomic mass is 15.3. The third-order valence-electron chi connectivity index (χ3n) is 5.46. The van der Waals surface area contributed by atoms with E-state index in [1.165, 1.54) is 5.56 Å². The van der Waals surface area contributed by atoms with Gasteiger partial charge < -0.3 is 15.5 Å². The number of pyridine rings is 1. The van der Waals surface area contributed by atoms with Gasteiger partial charge in [-0.05, 0) is 24.0 Å². The van der Waals surface area contributed by atoms with Crippen LogP contribution in [0.5, 0.6) is 0 Å². The van der Waals surface area contributed by atoms with Crippen LogP contribution in [-0.4, -0.2) is 55.8 Å². The van der Waals surface area contributed by atoms with Gasteiger partial charge in [0.05, 0.1) is 17.6 Å². The molecule has 1 aliphatic rings. The zero-order valence-corrected chi connectivity index (χ0v) is 18.4. The third-order valence-corrected chi connectivity index (χ3v) is 5.46. The molecule has 0 spiro atoms. The van der Waals surface area contributed by atoms with E-state index in [9.17, 15) is 0 Å². The number of hydrogen-bond donors (Lipinski definition) is 1. The number of aryl methyl sites for hydroxylation is 1. The van der Waals surface area contributed by atoms with E-state index in [1.54, 1.807) is 10.9 Å². The van der Waals surface area contributed by atoms with Gasteiger partial charge in [0.2, 0.25) is 5.95 Å². The Morgan fingerprint density at radius 1 is 1.00 bits per heavy atom. The van der Waals surface area contributed by atoms with E-state index in [4.69, 9.17) is 5.73 Å². The monoisotopic (exact) mass is 418 g/mol. The van der Waals surface area contributed by atoms with E-state index < -0.39 is 0 Å². The summed E-state index contributed by atoms with van der Waals surface area (Å²) in [5.41, 5.74) is 11.1. The predicted octanol–water partition coefficient (Wildman–Crippen LogP) is 2.55. The van der Waals surface area contributed by atoms with Gasteiger partial charge in [-0.2, -0.15) is 5.10 Å². The van der Waals surface area contributed by atoms with Crippen LogP contribution in [0.4, 0.5) is 5.95 Å². The molecule has 0 aromatic carbocycles. The summed E-state index contributed by atoms with van der Waals surface area (Å²) >= 11 is 0. The van der Waals surface area contributed by atoms with Gasteiger partial charge in [0.25, 0.3) is 0 Å². The van der Waals surface area contributed by atoms with Crippen molar-refractivity contribution in [3.05, 3.63) is 60.6 Å². The first-order chi connectivity index (χ1) is 15.0. The van der Waals surface area contributed by atoms with Crippen molar-refractivity contribution in [3.63, 3.8) is 0 Å². The highest BCUT2D eigenvalue weighted by Crippen LogP contribution is 2.23. The second-order valence-corrected chi connectivity index (χ2v) is 8.35. The molecule has 0 saturated carbocycles. The second-order valence-electron chi connectivity index (χ2n) is 8.35. The fraction of sp³-hybridized carbons (Fsp3) is 0.391. The normalized spacial score (nSPS) is 15.0. The summed E-state index contributed by atoms with van der Waals surface area (Å²) < 4.78 is 1.79. The molecule has 0 radical (unpaired) electrons. The van der Waals surface area contributed by atoms with E-state index in [0.717, 1.165) is 61.1 Å². The first kappa shape index (κ1) is 20.8. The Kier molecular flexibility index (Phi) is 6.16. The molecule has 8 heteroatoms. The highest BCUT2D eigenvalue weighted by molar-refractivity contribution is 5.66. The second kappa shape index (κ2) is 9.16. The molecular weight excluding hydrogens is 388 g/mol. The number of aromatic nitrogens is 5. The van der Waals surface area contributed by atoms with E-state index in [2.05, 4.69) is 49.8 Å². The summed E-state index contributed by atoms with van der Waals surface area (Å²) in [5, 5.41) is 4.22. The van der Waals surface area contributed by atoms with Gasteiger partial charge in [0.1, 0.15) is 0 Å². The van der Waals surface area contributed by atoms with Crippen LogP contribution in [0.2, 0.25) is 0 Å². The molecule has 4 heterocycles. The Morgan fingerprint density at radius 3 is 2.29 bits per heavy atom. The number of piperazine rings is 1. The molecule has 1 aliphatic heterocycles. The Labute approximate surface area is 183 Å². The standard InChI is InChI=1S/C23H30N8/c1-17(2)10-18-12-26-23(27-13-18)31-8-6-30(7-9-31)22(11-24)21-5-4-19(14-25-21)20-15-28-29(3)16-20/h4-5,11-17H,6-10,24H2,1-3H3/b22-11+. The largest absolute Gasteiger partial charge is 0.403 e. The molecule has 0 aliphatic carbocycles. The van der Waals surface area contributed by atoms with Crippen LogP contribution in [0.1, 0.15) is 25.1 Å². The minimum absolute atomic E-state index is 0.603. The molecule has 0 bridgehead atoms. The minimum atomic E-state index is 0.603. The van der Waals surface area contributed by atoms with Crippen molar-refractivity contribution in [2.24, 2.45) is 18.7 Å². The third kappa shape index (κ3) is 4.84. The number of nitrogens with two attached hydrogens (primary N) is 1. The lowest BCUT2D eigenvalue weighted by atomic mass is 10.1. The van der Waals surface area contributed by atoms with E-state index in [1.807, 2.05) is 44.1 Å².